The summed E-state index contributed by atoms with van der Waals surface area (Å²) in [7, 11) is 3.57. The molecule has 0 fully saturated rings. The zero-order valence-electron chi connectivity index (χ0n) is 19.0. The number of para-hydroxylation sites is 1. The number of carbonyl (C=O) groups is 2. The Labute approximate surface area is 202 Å². The number of thioether (sulfide) groups is 1. The monoisotopic (exact) mass is 471 g/mol. The minimum Gasteiger partial charge on any atom is -0.497 e. The van der Waals surface area contributed by atoms with Crippen LogP contribution < -0.4 is 15.0 Å². The van der Waals surface area contributed by atoms with Crippen LogP contribution in [0.3, 0.4) is 0 Å². The summed E-state index contributed by atoms with van der Waals surface area (Å²) in [5, 5.41) is 4.98. The molecule has 5 rings (SSSR count). The SMILES string of the molecule is COc1cccc(N2C(=O)CSc3c(c4ccccc4n3C)C2C(=O)NCc2ccccc2)c1. The molecule has 1 aliphatic heterocycles. The van der Waals surface area contributed by atoms with Crippen molar-refractivity contribution >= 4 is 40.2 Å². The quantitative estimate of drug-likeness (QED) is 0.459. The molecule has 1 unspecified atom stereocenters. The molecule has 1 atom stereocenters. The van der Waals surface area contributed by atoms with E-state index in [1.807, 2.05) is 79.8 Å². The largest absolute Gasteiger partial charge is 0.497 e. The van der Waals surface area contributed by atoms with E-state index in [1.54, 1.807) is 18.1 Å². The Morgan fingerprint density at radius 2 is 1.82 bits per heavy atom. The smallest absolute Gasteiger partial charge is 0.248 e. The van der Waals surface area contributed by atoms with Crippen LogP contribution in [0.15, 0.2) is 83.9 Å². The highest BCUT2D eigenvalue weighted by Crippen LogP contribution is 2.43. The van der Waals surface area contributed by atoms with E-state index in [9.17, 15) is 9.59 Å². The number of ether oxygens (including phenoxy) is 1. The molecule has 7 heteroatoms. The Hall–Kier alpha value is -3.71. The van der Waals surface area contributed by atoms with Gasteiger partial charge in [-0.15, -0.1) is 0 Å². The predicted molar refractivity (Wildman–Crippen MR) is 135 cm³/mol. The zero-order valence-corrected chi connectivity index (χ0v) is 19.8. The average Bonchev–Trinajstić information content (AvgIpc) is 3.05. The van der Waals surface area contributed by atoms with Gasteiger partial charge in [0.2, 0.25) is 11.8 Å². The number of amides is 2. The second kappa shape index (κ2) is 9.27. The number of carbonyl (C=O) groups excluding carboxylic acids is 2. The molecule has 6 nitrogen and oxygen atoms in total. The summed E-state index contributed by atoms with van der Waals surface area (Å²) < 4.78 is 7.49. The Balaban J connectivity index is 1.66. The lowest BCUT2D eigenvalue weighted by atomic mass is 10.0. The van der Waals surface area contributed by atoms with Crippen LogP contribution >= 0.6 is 11.8 Å². The van der Waals surface area contributed by atoms with Crippen molar-refractivity contribution < 1.29 is 14.3 Å². The molecule has 1 aliphatic rings. The number of aryl methyl sites for hydroxylation is 1. The van der Waals surface area contributed by atoms with Crippen LogP contribution in [0, 0.1) is 0 Å². The number of aromatic nitrogens is 1. The summed E-state index contributed by atoms with van der Waals surface area (Å²) in [4.78, 5) is 29.0. The van der Waals surface area contributed by atoms with Crippen LogP contribution in [-0.4, -0.2) is 29.2 Å². The molecule has 172 valence electrons. The van der Waals surface area contributed by atoms with Gasteiger partial charge in [-0.1, -0.05) is 66.4 Å². The van der Waals surface area contributed by atoms with Crippen molar-refractivity contribution in [1.82, 2.24) is 9.88 Å². The molecule has 1 aromatic heterocycles. The molecule has 0 saturated heterocycles. The Bertz CT molecular complexity index is 1370. The second-order valence-corrected chi connectivity index (χ2v) is 9.12. The standard InChI is InChI=1S/C27H25N3O3S/c1-29-22-14-7-6-13-21(22)24-25(26(32)28-16-18-9-4-3-5-10-18)30(23(31)17-34-27(24)29)19-11-8-12-20(15-19)33-2/h3-15,25H,16-17H2,1-2H3,(H,28,32). The third kappa shape index (κ3) is 3.92. The van der Waals surface area contributed by atoms with Crippen molar-refractivity contribution in [2.75, 3.05) is 17.8 Å². The molecule has 0 bridgehead atoms. The average molecular weight is 472 g/mol. The van der Waals surface area contributed by atoms with Gasteiger partial charge in [0.25, 0.3) is 0 Å². The molecule has 2 amide bonds. The van der Waals surface area contributed by atoms with Gasteiger partial charge in [0.05, 0.1) is 17.9 Å². The third-order valence-corrected chi connectivity index (χ3v) is 7.27. The van der Waals surface area contributed by atoms with Crippen LogP contribution in [0.5, 0.6) is 5.75 Å². The Morgan fingerprint density at radius 3 is 2.62 bits per heavy atom. The van der Waals surface area contributed by atoms with Gasteiger partial charge in [-0.25, -0.2) is 0 Å². The normalized spacial score (nSPS) is 15.6. The van der Waals surface area contributed by atoms with E-state index in [4.69, 9.17) is 4.74 Å². The molecule has 0 aliphatic carbocycles. The van der Waals surface area contributed by atoms with Crippen LogP contribution in [0.2, 0.25) is 0 Å². The third-order valence-electron chi connectivity index (χ3n) is 6.11. The lowest BCUT2D eigenvalue weighted by Gasteiger charge is -2.30. The molecular weight excluding hydrogens is 446 g/mol. The highest BCUT2D eigenvalue weighted by Gasteiger charge is 2.39. The van der Waals surface area contributed by atoms with Crippen molar-refractivity contribution in [3.05, 3.63) is 90.0 Å². The summed E-state index contributed by atoms with van der Waals surface area (Å²) in [5.41, 5.74) is 3.50. The highest BCUT2D eigenvalue weighted by atomic mass is 32.2. The molecule has 0 radical (unpaired) electrons. The van der Waals surface area contributed by atoms with Crippen molar-refractivity contribution in [3.63, 3.8) is 0 Å². The van der Waals surface area contributed by atoms with E-state index in [-0.39, 0.29) is 17.6 Å². The topological polar surface area (TPSA) is 63.6 Å². The number of nitrogens with zero attached hydrogens (tertiary/aromatic N) is 2. The number of hydrogen-bond donors (Lipinski definition) is 1. The van der Waals surface area contributed by atoms with Crippen LogP contribution in [0.4, 0.5) is 5.69 Å². The first-order valence-corrected chi connectivity index (χ1v) is 12.0. The molecule has 3 aromatic carbocycles. The van der Waals surface area contributed by atoms with E-state index in [0.29, 0.717) is 18.0 Å². The van der Waals surface area contributed by atoms with Gasteiger partial charge in [-0.3, -0.25) is 14.5 Å². The first-order chi connectivity index (χ1) is 16.6. The fourth-order valence-electron chi connectivity index (χ4n) is 4.49. The zero-order chi connectivity index (χ0) is 23.7. The number of benzene rings is 3. The maximum atomic E-state index is 13.9. The van der Waals surface area contributed by atoms with E-state index in [2.05, 4.69) is 9.88 Å². The summed E-state index contributed by atoms with van der Waals surface area (Å²) in [6, 6.07) is 24.3. The molecule has 2 heterocycles. The molecular formula is C27H25N3O3S. The van der Waals surface area contributed by atoms with Gasteiger partial charge in [-0.2, -0.15) is 0 Å². The first-order valence-electron chi connectivity index (χ1n) is 11.1. The van der Waals surface area contributed by atoms with E-state index < -0.39 is 6.04 Å². The van der Waals surface area contributed by atoms with Gasteiger partial charge in [0.15, 0.2) is 0 Å². The Morgan fingerprint density at radius 1 is 1.06 bits per heavy atom. The van der Waals surface area contributed by atoms with Gasteiger partial charge in [-0.05, 0) is 23.8 Å². The van der Waals surface area contributed by atoms with Crippen LogP contribution in [0.25, 0.3) is 10.9 Å². The maximum absolute atomic E-state index is 13.9. The van der Waals surface area contributed by atoms with Crippen molar-refractivity contribution in [2.45, 2.75) is 17.6 Å². The van der Waals surface area contributed by atoms with E-state index in [0.717, 1.165) is 27.1 Å². The lowest BCUT2D eigenvalue weighted by molar-refractivity contribution is -0.125. The predicted octanol–water partition coefficient (Wildman–Crippen LogP) is 4.68. The number of fused-ring (bicyclic) bond motifs is 3. The lowest BCUT2D eigenvalue weighted by Crippen LogP contribution is -2.43. The first kappa shape index (κ1) is 22.1. The minimum atomic E-state index is -0.820. The summed E-state index contributed by atoms with van der Waals surface area (Å²) in [6.07, 6.45) is 0. The van der Waals surface area contributed by atoms with Gasteiger partial charge >= 0.3 is 0 Å². The van der Waals surface area contributed by atoms with Gasteiger partial charge < -0.3 is 14.6 Å². The number of hydrogen-bond acceptors (Lipinski definition) is 4. The van der Waals surface area contributed by atoms with E-state index in [1.165, 1.54) is 11.8 Å². The highest BCUT2D eigenvalue weighted by molar-refractivity contribution is 8.00. The summed E-state index contributed by atoms with van der Waals surface area (Å²) in [5.74, 6) is 0.513. The molecule has 4 aromatic rings. The molecule has 1 N–H and O–H groups in total. The van der Waals surface area contributed by atoms with Gasteiger partial charge in [0, 0.05) is 41.8 Å². The Kier molecular flexibility index (Phi) is 6.02. The van der Waals surface area contributed by atoms with Crippen molar-refractivity contribution in [2.24, 2.45) is 7.05 Å². The fraction of sp³-hybridized carbons (Fsp3) is 0.185. The summed E-state index contributed by atoms with van der Waals surface area (Å²) in [6.45, 7) is 0.379. The second-order valence-electron chi connectivity index (χ2n) is 8.15. The maximum Gasteiger partial charge on any atom is 0.248 e. The van der Waals surface area contributed by atoms with E-state index >= 15 is 0 Å². The molecule has 34 heavy (non-hydrogen) atoms. The van der Waals surface area contributed by atoms with Crippen LogP contribution in [-0.2, 0) is 23.2 Å². The molecule has 0 saturated carbocycles. The van der Waals surface area contributed by atoms with Gasteiger partial charge in [0.1, 0.15) is 11.8 Å². The number of methoxy groups -OCH3 is 1. The molecule has 0 spiro atoms. The van der Waals surface area contributed by atoms with Crippen molar-refractivity contribution in [3.8, 4) is 5.75 Å². The minimum absolute atomic E-state index is 0.126. The number of rotatable bonds is 5. The van der Waals surface area contributed by atoms with Crippen molar-refractivity contribution in [1.29, 1.82) is 0 Å². The number of nitrogens with one attached hydrogen (secondary N) is 1. The number of anilines is 1. The fourth-order valence-corrected chi connectivity index (χ4v) is 5.56. The summed E-state index contributed by atoms with van der Waals surface area (Å²) >= 11 is 1.47. The van der Waals surface area contributed by atoms with Crippen LogP contribution in [0.1, 0.15) is 17.2 Å².